The maximum atomic E-state index is 11.8. The maximum Gasteiger partial charge on any atom is 0.244 e. The van der Waals surface area contributed by atoms with Crippen LogP contribution in [-0.2, 0) is 11.2 Å². The van der Waals surface area contributed by atoms with Gasteiger partial charge in [0, 0.05) is 0 Å². The third kappa shape index (κ3) is 3.58. The van der Waals surface area contributed by atoms with Crippen molar-refractivity contribution < 1.29 is 4.79 Å². The number of hydrogen-bond donors (Lipinski definition) is 1. The number of carbonyl (C=O) groups excluding carboxylic acids is 1. The van der Waals surface area contributed by atoms with E-state index in [9.17, 15) is 4.79 Å². The van der Waals surface area contributed by atoms with Gasteiger partial charge in [-0.2, -0.15) is 5.10 Å². The Balaban J connectivity index is 1.62. The van der Waals surface area contributed by atoms with Gasteiger partial charge in [-0.05, 0) is 28.0 Å². The van der Waals surface area contributed by atoms with Crippen LogP contribution < -0.4 is 5.43 Å². The van der Waals surface area contributed by atoms with Gasteiger partial charge in [0.05, 0.1) is 12.6 Å². The number of rotatable bonds is 4. The molecule has 3 nitrogen and oxygen atoms in total. The number of nitrogens with zero attached hydrogens (tertiary/aromatic N) is 1. The zero-order valence-corrected chi connectivity index (χ0v) is 12.1. The SMILES string of the molecule is O=C(Cc1ccccc1)N/N=C/c1ccc2ccccc2c1. The summed E-state index contributed by atoms with van der Waals surface area (Å²) in [5.74, 6) is -0.122. The number of carbonyl (C=O) groups is 1. The second-order valence-electron chi connectivity index (χ2n) is 5.06. The molecule has 0 aliphatic heterocycles. The zero-order chi connectivity index (χ0) is 15.2. The molecule has 108 valence electrons. The second kappa shape index (κ2) is 6.68. The molecule has 3 aromatic rings. The van der Waals surface area contributed by atoms with E-state index in [1.165, 1.54) is 5.39 Å². The highest BCUT2D eigenvalue weighted by Gasteiger charge is 2.00. The van der Waals surface area contributed by atoms with Crippen molar-refractivity contribution in [1.82, 2.24) is 5.43 Å². The van der Waals surface area contributed by atoms with Crippen molar-refractivity contribution in [2.45, 2.75) is 6.42 Å². The summed E-state index contributed by atoms with van der Waals surface area (Å²) < 4.78 is 0. The molecule has 3 rings (SSSR count). The molecule has 0 saturated carbocycles. The van der Waals surface area contributed by atoms with E-state index in [-0.39, 0.29) is 5.91 Å². The van der Waals surface area contributed by atoms with Gasteiger partial charge in [-0.3, -0.25) is 4.79 Å². The molecule has 0 radical (unpaired) electrons. The second-order valence-corrected chi connectivity index (χ2v) is 5.06. The predicted molar refractivity (Wildman–Crippen MR) is 89.8 cm³/mol. The zero-order valence-electron chi connectivity index (χ0n) is 12.1. The van der Waals surface area contributed by atoms with Crippen LogP contribution in [0.5, 0.6) is 0 Å². The first-order valence-corrected chi connectivity index (χ1v) is 7.16. The summed E-state index contributed by atoms with van der Waals surface area (Å²) in [5, 5.41) is 6.36. The lowest BCUT2D eigenvalue weighted by molar-refractivity contribution is -0.120. The number of fused-ring (bicyclic) bond motifs is 1. The van der Waals surface area contributed by atoms with Crippen molar-refractivity contribution in [1.29, 1.82) is 0 Å². The summed E-state index contributed by atoms with van der Waals surface area (Å²) in [6.45, 7) is 0. The average Bonchev–Trinajstić information content (AvgIpc) is 2.55. The Morgan fingerprint density at radius 3 is 2.45 bits per heavy atom. The van der Waals surface area contributed by atoms with Crippen LogP contribution in [0, 0.1) is 0 Å². The first-order chi connectivity index (χ1) is 10.8. The van der Waals surface area contributed by atoms with Gasteiger partial charge >= 0.3 is 0 Å². The Labute approximate surface area is 129 Å². The highest BCUT2D eigenvalue weighted by Crippen LogP contribution is 2.14. The molecule has 0 aliphatic rings. The van der Waals surface area contributed by atoms with Crippen molar-refractivity contribution in [3.8, 4) is 0 Å². The van der Waals surface area contributed by atoms with E-state index in [1.54, 1.807) is 6.21 Å². The molecule has 0 aliphatic carbocycles. The largest absolute Gasteiger partial charge is 0.273 e. The molecule has 3 heteroatoms. The molecule has 22 heavy (non-hydrogen) atoms. The number of amides is 1. The first-order valence-electron chi connectivity index (χ1n) is 7.16. The van der Waals surface area contributed by atoms with Crippen molar-refractivity contribution >= 4 is 22.9 Å². The van der Waals surface area contributed by atoms with Gasteiger partial charge in [0.25, 0.3) is 0 Å². The van der Waals surface area contributed by atoms with Crippen molar-refractivity contribution in [2.24, 2.45) is 5.10 Å². The first kappa shape index (κ1) is 14.0. The molecule has 0 fully saturated rings. The molecule has 0 heterocycles. The van der Waals surface area contributed by atoms with E-state index in [2.05, 4.69) is 22.7 Å². The normalized spacial score (nSPS) is 10.9. The van der Waals surface area contributed by atoms with Gasteiger partial charge in [-0.1, -0.05) is 66.7 Å². The van der Waals surface area contributed by atoms with Gasteiger partial charge < -0.3 is 0 Å². The van der Waals surface area contributed by atoms with Gasteiger partial charge in [0.15, 0.2) is 0 Å². The number of nitrogens with one attached hydrogen (secondary N) is 1. The van der Waals surface area contributed by atoms with Crippen LogP contribution in [0.2, 0.25) is 0 Å². The van der Waals surface area contributed by atoms with Crippen molar-refractivity contribution in [3.05, 3.63) is 83.9 Å². The lowest BCUT2D eigenvalue weighted by Gasteiger charge is -2.01. The molecular weight excluding hydrogens is 272 g/mol. The maximum absolute atomic E-state index is 11.8. The summed E-state index contributed by atoms with van der Waals surface area (Å²) in [4.78, 5) is 11.8. The summed E-state index contributed by atoms with van der Waals surface area (Å²) >= 11 is 0. The van der Waals surface area contributed by atoms with Crippen molar-refractivity contribution in [3.63, 3.8) is 0 Å². The Hall–Kier alpha value is -2.94. The minimum absolute atomic E-state index is 0.122. The van der Waals surface area contributed by atoms with E-state index in [4.69, 9.17) is 0 Å². The fraction of sp³-hybridized carbons (Fsp3) is 0.0526. The Morgan fingerprint density at radius 1 is 0.909 bits per heavy atom. The minimum atomic E-state index is -0.122. The highest BCUT2D eigenvalue weighted by atomic mass is 16.2. The van der Waals surface area contributed by atoms with Crippen LogP contribution in [0.15, 0.2) is 77.9 Å². The molecule has 0 aromatic heterocycles. The quantitative estimate of drug-likeness (QED) is 0.579. The Bertz CT molecular complexity index is 810. The van der Waals surface area contributed by atoms with Crippen LogP contribution in [0.25, 0.3) is 10.8 Å². The standard InChI is InChI=1S/C19H16N2O/c22-19(13-15-6-2-1-3-7-15)21-20-14-16-10-11-17-8-4-5-9-18(17)12-16/h1-12,14H,13H2,(H,21,22)/b20-14+. The van der Waals surface area contributed by atoms with Gasteiger partial charge in [-0.25, -0.2) is 5.43 Å². The molecule has 0 unspecified atom stereocenters. The Morgan fingerprint density at radius 2 is 1.64 bits per heavy atom. The molecule has 0 atom stereocenters. The monoisotopic (exact) mass is 288 g/mol. The minimum Gasteiger partial charge on any atom is -0.273 e. The van der Waals surface area contributed by atoms with E-state index < -0.39 is 0 Å². The lowest BCUT2D eigenvalue weighted by atomic mass is 10.1. The number of hydrazone groups is 1. The van der Waals surface area contributed by atoms with Crippen molar-refractivity contribution in [2.75, 3.05) is 0 Å². The fourth-order valence-electron chi connectivity index (χ4n) is 2.29. The lowest BCUT2D eigenvalue weighted by Crippen LogP contribution is -2.19. The molecule has 1 N–H and O–H groups in total. The number of benzene rings is 3. The molecule has 0 saturated heterocycles. The fourth-order valence-corrected chi connectivity index (χ4v) is 2.29. The summed E-state index contributed by atoms with van der Waals surface area (Å²) in [7, 11) is 0. The molecule has 1 amide bonds. The van der Waals surface area contributed by atoms with Gasteiger partial charge in [-0.15, -0.1) is 0 Å². The topological polar surface area (TPSA) is 41.5 Å². The predicted octanol–water partition coefficient (Wildman–Crippen LogP) is 3.53. The number of hydrogen-bond acceptors (Lipinski definition) is 2. The van der Waals surface area contributed by atoms with E-state index in [0.717, 1.165) is 16.5 Å². The summed E-state index contributed by atoms with van der Waals surface area (Å²) in [5.41, 5.74) is 4.49. The highest BCUT2D eigenvalue weighted by molar-refractivity contribution is 5.91. The van der Waals surface area contributed by atoms with Crippen LogP contribution in [-0.4, -0.2) is 12.1 Å². The molecule has 3 aromatic carbocycles. The van der Waals surface area contributed by atoms with Gasteiger partial charge in [0.2, 0.25) is 5.91 Å². The third-order valence-corrected chi connectivity index (χ3v) is 3.38. The molecule has 0 spiro atoms. The third-order valence-electron chi connectivity index (χ3n) is 3.38. The van der Waals surface area contributed by atoms with Crippen LogP contribution in [0.3, 0.4) is 0 Å². The summed E-state index contributed by atoms with van der Waals surface area (Å²) in [6, 6.07) is 23.8. The molecular formula is C19H16N2O. The van der Waals surface area contributed by atoms with E-state index in [1.807, 2.05) is 60.7 Å². The van der Waals surface area contributed by atoms with Gasteiger partial charge in [0.1, 0.15) is 0 Å². The molecule has 0 bridgehead atoms. The smallest absolute Gasteiger partial charge is 0.244 e. The van der Waals surface area contributed by atoms with E-state index in [0.29, 0.717) is 6.42 Å². The Kier molecular flexibility index (Phi) is 4.25. The average molecular weight is 288 g/mol. The summed E-state index contributed by atoms with van der Waals surface area (Å²) in [6.07, 6.45) is 1.99. The van der Waals surface area contributed by atoms with Crippen LogP contribution in [0.4, 0.5) is 0 Å². The van der Waals surface area contributed by atoms with Crippen LogP contribution >= 0.6 is 0 Å². The van der Waals surface area contributed by atoms with Crippen LogP contribution in [0.1, 0.15) is 11.1 Å². The van der Waals surface area contributed by atoms with E-state index >= 15 is 0 Å².